The molecule has 5 nitrogen and oxygen atoms in total. The molecule has 32 heavy (non-hydrogen) atoms. The summed E-state index contributed by atoms with van der Waals surface area (Å²) >= 11 is 0. The molecule has 160 valence electrons. The van der Waals surface area contributed by atoms with Gasteiger partial charge in [-0.1, -0.05) is 36.4 Å². The number of carbonyl (C=O) groups is 2. The summed E-state index contributed by atoms with van der Waals surface area (Å²) in [5, 5.41) is 1.09. The topological polar surface area (TPSA) is 65.4 Å². The Morgan fingerprint density at radius 1 is 0.906 bits per heavy atom. The quantitative estimate of drug-likeness (QED) is 0.269. The van der Waals surface area contributed by atoms with Crippen LogP contribution in [0.15, 0.2) is 71.5 Å². The molecule has 0 bridgehead atoms. The number of nitrogens with zero attached hydrogens (tertiary/aromatic N) is 1. The largest absolute Gasteiger partial charge is 0.453 e. The number of aryl methyl sites for hydroxylation is 2. The molecule has 1 aliphatic carbocycles. The van der Waals surface area contributed by atoms with Gasteiger partial charge in [0.1, 0.15) is 6.54 Å². The standard InChI is InChI=1S/C27H23NO4/c1-17(26(30)20-14-13-18-7-6-8-19(18)15-20)32-25(29)16-28-23-11-4-2-9-21(23)27(31)22-10-3-5-12-24(22)28/h2-5,9-15,17H,6-8,16H2,1H3/t17-/m1/s1. The minimum absolute atomic E-state index is 0.0685. The molecule has 0 radical (unpaired) electrons. The maximum absolute atomic E-state index is 12.9. The Morgan fingerprint density at radius 3 is 2.22 bits per heavy atom. The van der Waals surface area contributed by atoms with Crippen LogP contribution in [0.5, 0.6) is 0 Å². The van der Waals surface area contributed by atoms with Gasteiger partial charge in [-0.2, -0.15) is 0 Å². The number of Topliss-reactive ketones (excluding diaryl/α,β-unsaturated/α-hetero) is 1. The first-order chi connectivity index (χ1) is 15.5. The van der Waals surface area contributed by atoms with E-state index in [1.54, 1.807) is 35.8 Å². The Labute approximate surface area is 185 Å². The average Bonchev–Trinajstić information content (AvgIpc) is 3.29. The highest BCUT2D eigenvalue weighted by Gasteiger charge is 2.22. The predicted octanol–water partition coefficient (Wildman–Crippen LogP) is 4.46. The van der Waals surface area contributed by atoms with Crippen molar-refractivity contribution in [2.45, 2.75) is 38.8 Å². The number of rotatable bonds is 5. The van der Waals surface area contributed by atoms with E-state index >= 15 is 0 Å². The fourth-order valence-corrected chi connectivity index (χ4v) is 4.62. The lowest BCUT2D eigenvalue weighted by atomic mass is 10.0. The Morgan fingerprint density at radius 2 is 1.53 bits per heavy atom. The lowest BCUT2D eigenvalue weighted by Gasteiger charge is -2.17. The van der Waals surface area contributed by atoms with Gasteiger partial charge in [-0.05, 0) is 67.6 Å². The lowest BCUT2D eigenvalue weighted by molar-refractivity contribution is -0.146. The van der Waals surface area contributed by atoms with Crippen LogP contribution in [0.25, 0.3) is 21.8 Å². The molecule has 5 heteroatoms. The Bertz CT molecular complexity index is 1370. The van der Waals surface area contributed by atoms with E-state index in [0.717, 1.165) is 19.3 Å². The Balaban J connectivity index is 1.42. The first-order valence-electron chi connectivity index (χ1n) is 10.9. The maximum atomic E-state index is 12.9. The van der Waals surface area contributed by atoms with E-state index in [1.807, 2.05) is 42.5 Å². The van der Waals surface area contributed by atoms with E-state index in [-0.39, 0.29) is 17.8 Å². The van der Waals surface area contributed by atoms with Crippen molar-refractivity contribution in [3.05, 3.63) is 93.6 Å². The fraction of sp³-hybridized carbons (Fsp3) is 0.222. The van der Waals surface area contributed by atoms with Gasteiger partial charge in [0.25, 0.3) is 0 Å². The molecule has 3 aromatic carbocycles. The predicted molar refractivity (Wildman–Crippen MR) is 124 cm³/mol. The van der Waals surface area contributed by atoms with E-state index in [9.17, 15) is 14.4 Å². The smallest absolute Gasteiger partial charge is 0.326 e. The molecular formula is C27H23NO4. The summed E-state index contributed by atoms with van der Waals surface area (Å²) in [7, 11) is 0. The summed E-state index contributed by atoms with van der Waals surface area (Å²) in [6.45, 7) is 1.51. The fourth-order valence-electron chi connectivity index (χ4n) is 4.62. The van der Waals surface area contributed by atoms with Crippen LogP contribution in [0, 0.1) is 0 Å². The van der Waals surface area contributed by atoms with E-state index < -0.39 is 12.1 Å². The van der Waals surface area contributed by atoms with E-state index in [0.29, 0.717) is 27.4 Å². The van der Waals surface area contributed by atoms with Crippen molar-refractivity contribution in [1.29, 1.82) is 0 Å². The van der Waals surface area contributed by atoms with Crippen LogP contribution >= 0.6 is 0 Å². The summed E-state index contributed by atoms with van der Waals surface area (Å²) < 4.78 is 7.31. The summed E-state index contributed by atoms with van der Waals surface area (Å²) in [6.07, 6.45) is 2.25. The van der Waals surface area contributed by atoms with Crippen molar-refractivity contribution in [3.63, 3.8) is 0 Å². The van der Waals surface area contributed by atoms with Gasteiger partial charge in [-0.3, -0.25) is 14.4 Å². The number of carbonyl (C=O) groups excluding carboxylic acids is 2. The Hall–Kier alpha value is -3.73. The second kappa shape index (κ2) is 8.08. The van der Waals surface area contributed by atoms with E-state index in [4.69, 9.17) is 4.74 Å². The van der Waals surface area contributed by atoms with Crippen LogP contribution in [0.3, 0.4) is 0 Å². The molecule has 0 fully saturated rings. The normalized spacial score (nSPS) is 13.8. The monoisotopic (exact) mass is 425 g/mol. The zero-order valence-electron chi connectivity index (χ0n) is 17.8. The maximum Gasteiger partial charge on any atom is 0.326 e. The molecule has 0 unspecified atom stereocenters. The lowest BCUT2D eigenvalue weighted by Crippen LogP contribution is -2.27. The van der Waals surface area contributed by atoms with Crippen LogP contribution in [-0.4, -0.2) is 22.4 Å². The minimum Gasteiger partial charge on any atom is -0.453 e. The van der Waals surface area contributed by atoms with Gasteiger partial charge in [0, 0.05) is 16.3 Å². The number of hydrogen-bond donors (Lipinski definition) is 0. The molecule has 0 aliphatic heterocycles. The summed E-state index contributed by atoms with van der Waals surface area (Å²) in [5.74, 6) is -0.728. The van der Waals surface area contributed by atoms with Gasteiger partial charge in [-0.25, -0.2) is 0 Å². The summed E-state index contributed by atoms with van der Waals surface area (Å²) in [4.78, 5) is 38.6. The first-order valence-corrected chi connectivity index (χ1v) is 10.9. The van der Waals surface area contributed by atoms with Crippen LogP contribution in [-0.2, 0) is 28.9 Å². The molecule has 0 saturated heterocycles. The Kier molecular flexibility index (Phi) is 5.10. The molecule has 0 N–H and O–H groups in total. The molecule has 0 spiro atoms. The average molecular weight is 425 g/mol. The molecule has 0 amide bonds. The van der Waals surface area contributed by atoms with Gasteiger partial charge in [0.15, 0.2) is 11.5 Å². The zero-order valence-corrected chi connectivity index (χ0v) is 17.8. The molecule has 1 atom stereocenters. The molecule has 5 rings (SSSR count). The zero-order chi connectivity index (χ0) is 22.2. The number of aromatic nitrogens is 1. The number of fused-ring (bicyclic) bond motifs is 3. The number of ketones is 1. The number of esters is 1. The van der Waals surface area contributed by atoms with Crippen LogP contribution in [0.2, 0.25) is 0 Å². The minimum atomic E-state index is -0.890. The third kappa shape index (κ3) is 3.50. The van der Waals surface area contributed by atoms with Crippen LogP contribution in [0.1, 0.15) is 34.8 Å². The summed E-state index contributed by atoms with van der Waals surface area (Å²) in [6, 6.07) is 20.2. The van der Waals surface area contributed by atoms with Crippen molar-refractivity contribution in [2.75, 3.05) is 0 Å². The van der Waals surface area contributed by atoms with Crippen molar-refractivity contribution >= 4 is 33.6 Å². The van der Waals surface area contributed by atoms with Gasteiger partial charge in [0.05, 0.1) is 11.0 Å². The van der Waals surface area contributed by atoms with Crippen molar-refractivity contribution in [2.24, 2.45) is 0 Å². The van der Waals surface area contributed by atoms with Crippen molar-refractivity contribution < 1.29 is 14.3 Å². The highest BCUT2D eigenvalue weighted by molar-refractivity contribution is 6.00. The highest BCUT2D eigenvalue weighted by Crippen LogP contribution is 2.24. The van der Waals surface area contributed by atoms with Gasteiger partial charge < -0.3 is 9.30 Å². The highest BCUT2D eigenvalue weighted by atomic mass is 16.5. The summed E-state index contributed by atoms with van der Waals surface area (Å²) in [5.41, 5.74) is 4.33. The number of pyridine rings is 1. The van der Waals surface area contributed by atoms with Gasteiger partial charge in [0.2, 0.25) is 5.78 Å². The third-order valence-corrected chi connectivity index (χ3v) is 6.23. The van der Waals surface area contributed by atoms with Crippen molar-refractivity contribution in [1.82, 2.24) is 4.57 Å². The third-order valence-electron chi connectivity index (χ3n) is 6.23. The van der Waals surface area contributed by atoms with Crippen LogP contribution in [0.4, 0.5) is 0 Å². The van der Waals surface area contributed by atoms with Crippen LogP contribution < -0.4 is 5.43 Å². The number of ether oxygens (including phenoxy) is 1. The van der Waals surface area contributed by atoms with E-state index in [2.05, 4.69) is 0 Å². The molecule has 0 saturated carbocycles. The number of para-hydroxylation sites is 2. The SMILES string of the molecule is C[C@@H](OC(=O)Cn1c2ccccc2c(=O)c2ccccc21)C(=O)c1ccc2c(c1)CCC2. The van der Waals surface area contributed by atoms with Gasteiger partial charge in [-0.15, -0.1) is 0 Å². The van der Waals surface area contributed by atoms with E-state index in [1.165, 1.54) is 11.1 Å². The molecular weight excluding hydrogens is 402 g/mol. The number of hydrogen-bond acceptors (Lipinski definition) is 4. The first kappa shape index (κ1) is 20.2. The molecule has 4 aromatic rings. The second-order valence-corrected chi connectivity index (χ2v) is 8.28. The molecule has 1 aliphatic rings. The number of benzene rings is 3. The molecule has 1 heterocycles. The molecule has 1 aromatic heterocycles. The van der Waals surface area contributed by atoms with Gasteiger partial charge >= 0.3 is 5.97 Å². The van der Waals surface area contributed by atoms with Crippen molar-refractivity contribution in [3.8, 4) is 0 Å². The second-order valence-electron chi connectivity index (χ2n) is 8.28.